The maximum atomic E-state index is 11.7. The molecule has 0 aliphatic heterocycles. The summed E-state index contributed by atoms with van der Waals surface area (Å²) < 4.78 is 0. The highest BCUT2D eigenvalue weighted by molar-refractivity contribution is 7.98. The summed E-state index contributed by atoms with van der Waals surface area (Å²) >= 11 is 1.72. The van der Waals surface area contributed by atoms with Crippen LogP contribution in [0.3, 0.4) is 0 Å². The van der Waals surface area contributed by atoms with Gasteiger partial charge in [0.2, 0.25) is 0 Å². The maximum Gasteiger partial charge on any atom is 0.251 e. The normalized spacial score (nSPS) is 12.3. The number of nitrogens with zero attached hydrogens (tertiary/aromatic N) is 2. The van der Waals surface area contributed by atoms with E-state index < -0.39 is 0 Å². The molecule has 19 heavy (non-hydrogen) atoms. The van der Waals surface area contributed by atoms with Crippen LogP contribution in [0.4, 0.5) is 0 Å². The zero-order valence-corrected chi connectivity index (χ0v) is 11.5. The van der Waals surface area contributed by atoms with Gasteiger partial charge in [-0.05, 0) is 30.6 Å². The van der Waals surface area contributed by atoms with Crippen LogP contribution in [0.15, 0.2) is 35.3 Å². The van der Waals surface area contributed by atoms with Crippen molar-refractivity contribution in [2.75, 3.05) is 12.0 Å². The van der Waals surface area contributed by atoms with Gasteiger partial charge in [-0.25, -0.2) is 4.98 Å². The van der Waals surface area contributed by atoms with E-state index in [1.54, 1.807) is 24.0 Å². The monoisotopic (exact) mass is 276 g/mol. The molecule has 5 nitrogen and oxygen atoms in total. The van der Waals surface area contributed by atoms with Gasteiger partial charge in [0.05, 0.1) is 5.69 Å². The molecule has 2 aromatic heterocycles. The third-order valence-electron chi connectivity index (χ3n) is 2.68. The van der Waals surface area contributed by atoms with Crippen LogP contribution in [0.5, 0.6) is 0 Å². The van der Waals surface area contributed by atoms with Gasteiger partial charge in [0.15, 0.2) is 5.82 Å². The number of aromatic amines is 1. The Balaban J connectivity index is 2.32. The molecule has 2 rings (SSSR count). The van der Waals surface area contributed by atoms with Gasteiger partial charge >= 0.3 is 0 Å². The summed E-state index contributed by atoms with van der Waals surface area (Å²) in [5.41, 5.74) is 7.09. The Kier molecular flexibility index (Phi) is 4.70. The topological polar surface area (TPSA) is 84.7 Å². The molecule has 3 N–H and O–H groups in total. The number of H-pyrrole nitrogens is 1. The summed E-state index contributed by atoms with van der Waals surface area (Å²) in [6.45, 7) is 0. The van der Waals surface area contributed by atoms with E-state index in [-0.39, 0.29) is 11.6 Å². The Morgan fingerprint density at radius 1 is 1.47 bits per heavy atom. The van der Waals surface area contributed by atoms with E-state index in [9.17, 15) is 4.79 Å². The first-order chi connectivity index (χ1) is 9.20. The first kappa shape index (κ1) is 13.8. The number of nitrogens with one attached hydrogen (secondary N) is 1. The molecule has 1 unspecified atom stereocenters. The molecule has 2 aromatic rings. The summed E-state index contributed by atoms with van der Waals surface area (Å²) in [4.78, 5) is 22.9. The first-order valence-electron chi connectivity index (χ1n) is 5.98. The Bertz CT molecular complexity index is 585. The number of hydrogen-bond acceptors (Lipinski definition) is 5. The average Bonchev–Trinajstić information content (AvgIpc) is 2.45. The Hall–Kier alpha value is -1.66. The third-order valence-corrected chi connectivity index (χ3v) is 3.33. The molecule has 0 fully saturated rings. The molecule has 0 saturated carbocycles. The number of hydrogen-bond donors (Lipinski definition) is 2. The second kappa shape index (κ2) is 6.49. The lowest BCUT2D eigenvalue weighted by Crippen LogP contribution is -2.18. The standard InChI is InChI=1S/C13H16N4OS/c1-19-7-5-9(14)11-8-12(18)17-13(16-11)10-4-2-3-6-15-10/h2-4,6,8-9H,5,7,14H2,1H3,(H,16,17,18). The van der Waals surface area contributed by atoms with Crippen molar-refractivity contribution in [3.63, 3.8) is 0 Å². The van der Waals surface area contributed by atoms with Crippen molar-refractivity contribution in [1.82, 2.24) is 15.0 Å². The summed E-state index contributed by atoms with van der Waals surface area (Å²) in [5, 5.41) is 0. The van der Waals surface area contributed by atoms with Gasteiger partial charge in [0.25, 0.3) is 5.56 Å². The molecule has 1 atom stereocenters. The molecule has 0 aromatic carbocycles. The summed E-state index contributed by atoms with van der Waals surface area (Å²) in [5.74, 6) is 1.40. The minimum Gasteiger partial charge on any atom is -0.323 e. The van der Waals surface area contributed by atoms with Crippen LogP contribution < -0.4 is 11.3 Å². The highest BCUT2D eigenvalue weighted by Gasteiger charge is 2.11. The fourth-order valence-electron chi connectivity index (χ4n) is 1.68. The summed E-state index contributed by atoms with van der Waals surface area (Å²) in [6.07, 6.45) is 4.48. The van der Waals surface area contributed by atoms with Gasteiger partial charge in [0.1, 0.15) is 5.69 Å². The number of aromatic nitrogens is 3. The smallest absolute Gasteiger partial charge is 0.251 e. The van der Waals surface area contributed by atoms with Crippen molar-refractivity contribution >= 4 is 11.8 Å². The zero-order valence-electron chi connectivity index (χ0n) is 10.7. The predicted octanol–water partition coefficient (Wildman–Crippen LogP) is 1.58. The molecule has 0 spiro atoms. The third kappa shape index (κ3) is 3.65. The maximum absolute atomic E-state index is 11.7. The number of nitrogens with two attached hydrogens (primary N) is 1. The van der Waals surface area contributed by atoms with Crippen LogP contribution >= 0.6 is 11.8 Å². The largest absolute Gasteiger partial charge is 0.323 e. The molecular weight excluding hydrogens is 260 g/mol. The van der Waals surface area contributed by atoms with Crippen LogP contribution in [-0.2, 0) is 0 Å². The van der Waals surface area contributed by atoms with E-state index in [1.807, 2.05) is 18.4 Å². The van der Waals surface area contributed by atoms with Crippen LogP contribution in [-0.4, -0.2) is 27.0 Å². The minimum atomic E-state index is -0.225. The molecule has 0 saturated heterocycles. The van der Waals surface area contributed by atoms with Gasteiger partial charge in [-0.1, -0.05) is 6.07 Å². The lowest BCUT2D eigenvalue weighted by Gasteiger charge is -2.10. The molecule has 0 amide bonds. The SMILES string of the molecule is CSCCC(N)c1cc(=O)[nH]c(-c2ccccn2)n1. The van der Waals surface area contributed by atoms with Crippen molar-refractivity contribution in [3.8, 4) is 11.5 Å². The van der Waals surface area contributed by atoms with Crippen molar-refractivity contribution in [3.05, 3.63) is 46.5 Å². The van der Waals surface area contributed by atoms with Gasteiger partial charge in [-0.15, -0.1) is 0 Å². The molecule has 0 aliphatic carbocycles. The highest BCUT2D eigenvalue weighted by atomic mass is 32.2. The van der Waals surface area contributed by atoms with Gasteiger partial charge in [0, 0.05) is 18.3 Å². The molecule has 0 radical (unpaired) electrons. The second-order valence-corrected chi connectivity index (χ2v) is 5.11. The Labute approximate surface area is 115 Å². The summed E-state index contributed by atoms with van der Waals surface area (Å²) in [7, 11) is 0. The Morgan fingerprint density at radius 2 is 2.32 bits per heavy atom. The van der Waals surface area contributed by atoms with Crippen molar-refractivity contribution < 1.29 is 0 Å². The van der Waals surface area contributed by atoms with Crippen LogP contribution in [0.2, 0.25) is 0 Å². The molecule has 0 aliphatic rings. The van der Waals surface area contributed by atoms with E-state index in [0.717, 1.165) is 12.2 Å². The van der Waals surface area contributed by atoms with E-state index >= 15 is 0 Å². The molecule has 2 heterocycles. The average molecular weight is 276 g/mol. The van der Waals surface area contributed by atoms with Crippen LogP contribution in [0, 0.1) is 0 Å². The van der Waals surface area contributed by atoms with Gasteiger partial charge in [-0.3, -0.25) is 9.78 Å². The van der Waals surface area contributed by atoms with E-state index in [0.29, 0.717) is 17.2 Å². The quantitative estimate of drug-likeness (QED) is 0.866. The van der Waals surface area contributed by atoms with E-state index in [1.165, 1.54) is 6.07 Å². The second-order valence-electron chi connectivity index (χ2n) is 4.12. The first-order valence-corrected chi connectivity index (χ1v) is 7.37. The van der Waals surface area contributed by atoms with Crippen molar-refractivity contribution in [2.45, 2.75) is 12.5 Å². The lowest BCUT2D eigenvalue weighted by atomic mass is 10.1. The predicted molar refractivity (Wildman–Crippen MR) is 78.0 cm³/mol. The van der Waals surface area contributed by atoms with Gasteiger partial charge in [-0.2, -0.15) is 11.8 Å². The fourth-order valence-corrected chi connectivity index (χ4v) is 2.17. The molecule has 100 valence electrons. The number of thioether (sulfide) groups is 1. The van der Waals surface area contributed by atoms with Crippen LogP contribution in [0.1, 0.15) is 18.2 Å². The van der Waals surface area contributed by atoms with E-state index in [4.69, 9.17) is 5.73 Å². The molecular formula is C13H16N4OS. The zero-order chi connectivity index (χ0) is 13.7. The fraction of sp³-hybridized carbons (Fsp3) is 0.308. The summed E-state index contributed by atoms with van der Waals surface area (Å²) in [6, 6.07) is 6.70. The highest BCUT2D eigenvalue weighted by Crippen LogP contribution is 2.15. The van der Waals surface area contributed by atoms with E-state index in [2.05, 4.69) is 15.0 Å². The molecule has 6 heteroatoms. The minimum absolute atomic E-state index is 0.203. The molecule has 0 bridgehead atoms. The van der Waals surface area contributed by atoms with Crippen LogP contribution in [0.25, 0.3) is 11.5 Å². The Morgan fingerprint density at radius 3 is 3.00 bits per heavy atom. The lowest BCUT2D eigenvalue weighted by molar-refractivity contribution is 0.678. The van der Waals surface area contributed by atoms with Crippen molar-refractivity contribution in [2.24, 2.45) is 5.73 Å². The van der Waals surface area contributed by atoms with Gasteiger partial charge < -0.3 is 10.7 Å². The number of rotatable bonds is 5. The number of pyridine rings is 1. The van der Waals surface area contributed by atoms with Crippen molar-refractivity contribution in [1.29, 1.82) is 0 Å².